The lowest BCUT2D eigenvalue weighted by Crippen LogP contribution is -2.23. The van der Waals surface area contributed by atoms with E-state index in [1.807, 2.05) is 6.92 Å². The van der Waals surface area contributed by atoms with Gasteiger partial charge in [0.1, 0.15) is 0 Å². The molecule has 0 spiro atoms. The Bertz CT molecular complexity index is 609. The van der Waals surface area contributed by atoms with Crippen LogP contribution in [0.5, 0.6) is 0 Å². The van der Waals surface area contributed by atoms with Crippen LogP contribution in [0.1, 0.15) is 56.7 Å². The Kier molecular flexibility index (Phi) is 6.59. The molecule has 7 nitrogen and oxygen atoms in total. The molecular weight excluding hydrogens is 312 g/mol. The standard InChI is InChI=1S/C15H26N6OS/c1-6-8-9-21-14(12(7-2)20(4)5)17-18-15(21)23-10-13-16-11(3)19-22-13/h12H,6-10H2,1-5H3. The van der Waals surface area contributed by atoms with Crippen molar-refractivity contribution in [1.82, 2.24) is 29.8 Å². The van der Waals surface area contributed by atoms with Crippen LogP contribution < -0.4 is 0 Å². The fourth-order valence-corrected chi connectivity index (χ4v) is 3.29. The molecular formula is C15H26N6OS. The van der Waals surface area contributed by atoms with Crippen LogP contribution in [0, 0.1) is 6.92 Å². The summed E-state index contributed by atoms with van der Waals surface area (Å²) >= 11 is 1.60. The van der Waals surface area contributed by atoms with Crippen LogP contribution in [0.3, 0.4) is 0 Å². The Labute approximate surface area is 141 Å². The first kappa shape index (κ1) is 17.9. The molecule has 0 aliphatic carbocycles. The zero-order valence-corrected chi connectivity index (χ0v) is 15.4. The SMILES string of the molecule is CCCCn1c(SCc2nc(C)no2)nnc1C(CC)N(C)C. The third-order valence-electron chi connectivity index (χ3n) is 3.68. The highest BCUT2D eigenvalue weighted by atomic mass is 32.2. The fraction of sp³-hybridized carbons (Fsp3) is 0.733. The molecule has 0 radical (unpaired) electrons. The maximum atomic E-state index is 5.17. The number of nitrogens with zero attached hydrogens (tertiary/aromatic N) is 6. The molecule has 0 N–H and O–H groups in total. The summed E-state index contributed by atoms with van der Waals surface area (Å²) in [6.07, 6.45) is 3.26. The highest BCUT2D eigenvalue weighted by Gasteiger charge is 2.22. The first-order chi connectivity index (χ1) is 11.1. The smallest absolute Gasteiger partial charge is 0.237 e. The largest absolute Gasteiger partial charge is 0.338 e. The lowest BCUT2D eigenvalue weighted by atomic mass is 10.2. The van der Waals surface area contributed by atoms with Crippen LogP contribution >= 0.6 is 11.8 Å². The predicted octanol–water partition coefficient (Wildman–Crippen LogP) is 3.07. The van der Waals surface area contributed by atoms with E-state index < -0.39 is 0 Å². The van der Waals surface area contributed by atoms with E-state index >= 15 is 0 Å². The molecule has 8 heteroatoms. The van der Waals surface area contributed by atoms with E-state index in [0.717, 1.165) is 36.8 Å². The summed E-state index contributed by atoms with van der Waals surface area (Å²) in [5.41, 5.74) is 0. The molecule has 1 atom stereocenters. The van der Waals surface area contributed by atoms with Crippen LogP contribution in [0.15, 0.2) is 9.68 Å². The Morgan fingerprint density at radius 3 is 2.61 bits per heavy atom. The molecule has 2 aromatic rings. The lowest BCUT2D eigenvalue weighted by molar-refractivity contribution is 0.270. The van der Waals surface area contributed by atoms with Crippen molar-refractivity contribution in [1.29, 1.82) is 0 Å². The Morgan fingerprint density at radius 2 is 2.04 bits per heavy atom. The summed E-state index contributed by atoms with van der Waals surface area (Å²) in [6.45, 7) is 7.13. The number of hydrogen-bond donors (Lipinski definition) is 0. The van der Waals surface area contributed by atoms with Crippen LogP contribution in [0.4, 0.5) is 0 Å². The van der Waals surface area contributed by atoms with Gasteiger partial charge in [0, 0.05) is 6.54 Å². The van der Waals surface area contributed by atoms with Gasteiger partial charge < -0.3 is 9.09 Å². The van der Waals surface area contributed by atoms with Crippen molar-refractivity contribution < 1.29 is 4.52 Å². The molecule has 23 heavy (non-hydrogen) atoms. The lowest BCUT2D eigenvalue weighted by Gasteiger charge is -2.23. The average molecular weight is 338 g/mol. The normalized spacial score (nSPS) is 13.0. The number of rotatable bonds is 9. The van der Waals surface area contributed by atoms with Crippen LogP contribution in [-0.2, 0) is 12.3 Å². The summed E-state index contributed by atoms with van der Waals surface area (Å²) in [5, 5.41) is 13.6. The summed E-state index contributed by atoms with van der Waals surface area (Å²) in [7, 11) is 4.17. The summed E-state index contributed by atoms with van der Waals surface area (Å²) < 4.78 is 7.41. The van der Waals surface area contributed by atoms with Gasteiger partial charge in [-0.25, -0.2) is 0 Å². The van der Waals surface area contributed by atoms with Gasteiger partial charge in [-0.1, -0.05) is 37.2 Å². The monoisotopic (exact) mass is 338 g/mol. The topological polar surface area (TPSA) is 72.9 Å². The molecule has 0 saturated carbocycles. The quantitative estimate of drug-likeness (QED) is 0.650. The van der Waals surface area contributed by atoms with E-state index in [0.29, 0.717) is 17.5 Å². The molecule has 1 unspecified atom stereocenters. The van der Waals surface area contributed by atoms with Gasteiger partial charge in [-0.2, -0.15) is 4.98 Å². The van der Waals surface area contributed by atoms with Gasteiger partial charge in [-0.15, -0.1) is 10.2 Å². The van der Waals surface area contributed by atoms with Crippen molar-refractivity contribution >= 4 is 11.8 Å². The maximum absolute atomic E-state index is 5.17. The van der Waals surface area contributed by atoms with E-state index in [2.05, 4.69) is 57.7 Å². The van der Waals surface area contributed by atoms with Crippen molar-refractivity contribution in [3.63, 3.8) is 0 Å². The van der Waals surface area contributed by atoms with Crippen molar-refractivity contribution in [2.24, 2.45) is 0 Å². The number of aromatic nitrogens is 5. The van der Waals surface area contributed by atoms with Gasteiger partial charge in [-0.3, -0.25) is 4.90 Å². The van der Waals surface area contributed by atoms with Crippen LogP contribution in [0.25, 0.3) is 0 Å². The second kappa shape index (κ2) is 8.44. The molecule has 128 valence electrons. The molecule has 0 aromatic carbocycles. The molecule has 0 bridgehead atoms. The number of unbranched alkanes of at least 4 members (excludes halogenated alkanes) is 1. The van der Waals surface area contributed by atoms with Gasteiger partial charge in [0.15, 0.2) is 16.8 Å². The van der Waals surface area contributed by atoms with E-state index in [9.17, 15) is 0 Å². The summed E-state index contributed by atoms with van der Waals surface area (Å²) in [6, 6.07) is 0.277. The third kappa shape index (κ3) is 4.54. The van der Waals surface area contributed by atoms with E-state index in [4.69, 9.17) is 4.52 Å². The molecule has 2 rings (SSSR count). The Hall–Kier alpha value is -1.41. The van der Waals surface area contributed by atoms with Gasteiger partial charge in [0.25, 0.3) is 0 Å². The van der Waals surface area contributed by atoms with Gasteiger partial charge in [-0.05, 0) is 33.9 Å². The molecule has 2 aromatic heterocycles. The number of aryl methyl sites for hydroxylation is 1. The second-order valence-electron chi connectivity index (χ2n) is 5.76. The van der Waals surface area contributed by atoms with E-state index in [1.165, 1.54) is 0 Å². The van der Waals surface area contributed by atoms with E-state index in [1.54, 1.807) is 11.8 Å². The minimum Gasteiger partial charge on any atom is -0.338 e. The molecule has 0 amide bonds. The zero-order chi connectivity index (χ0) is 16.8. The zero-order valence-electron chi connectivity index (χ0n) is 14.6. The van der Waals surface area contributed by atoms with E-state index in [-0.39, 0.29) is 6.04 Å². The third-order valence-corrected chi connectivity index (χ3v) is 4.63. The molecule has 0 fully saturated rings. The summed E-state index contributed by atoms with van der Waals surface area (Å²) in [4.78, 5) is 6.44. The maximum Gasteiger partial charge on any atom is 0.237 e. The molecule has 0 aliphatic rings. The molecule has 0 aliphatic heterocycles. The number of thioether (sulfide) groups is 1. The first-order valence-corrected chi connectivity index (χ1v) is 9.06. The minimum absolute atomic E-state index is 0.277. The van der Waals surface area contributed by atoms with Crippen molar-refractivity contribution in [2.75, 3.05) is 14.1 Å². The van der Waals surface area contributed by atoms with Crippen LogP contribution in [0.2, 0.25) is 0 Å². The van der Waals surface area contributed by atoms with Gasteiger partial charge in [0.05, 0.1) is 11.8 Å². The Balaban J connectivity index is 2.18. The number of hydrogen-bond acceptors (Lipinski definition) is 7. The van der Waals surface area contributed by atoms with Crippen molar-refractivity contribution in [2.45, 2.75) is 63.5 Å². The first-order valence-electron chi connectivity index (χ1n) is 8.08. The predicted molar refractivity (Wildman–Crippen MR) is 90.2 cm³/mol. The fourth-order valence-electron chi connectivity index (χ4n) is 2.48. The molecule has 2 heterocycles. The highest BCUT2D eigenvalue weighted by Crippen LogP contribution is 2.27. The van der Waals surface area contributed by atoms with Crippen LogP contribution in [-0.4, -0.2) is 43.9 Å². The van der Waals surface area contributed by atoms with Gasteiger partial charge in [0.2, 0.25) is 5.89 Å². The minimum atomic E-state index is 0.277. The van der Waals surface area contributed by atoms with Crippen molar-refractivity contribution in [3.05, 3.63) is 17.5 Å². The van der Waals surface area contributed by atoms with Gasteiger partial charge >= 0.3 is 0 Å². The van der Waals surface area contributed by atoms with Crippen molar-refractivity contribution in [3.8, 4) is 0 Å². The summed E-state index contributed by atoms with van der Waals surface area (Å²) in [5.74, 6) is 2.94. The molecule has 0 saturated heterocycles. The highest BCUT2D eigenvalue weighted by molar-refractivity contribution is 7.98. The Morgan fingerprint density at radius 1 is 1.26 bits per heavy atom. The second-order valence-corrected chi connectivity index (χ2v) is 6.70. The average Bonchev–Trinajstić information content (AvgIpc) is 3.10.